The predicted octanol–water partition coefficient (Wildman–Crippen LogP) is 5.17. The number of hydrogen-bond acceptors (Lipinski definition) is 10. The molecule has 2 heterocycles. The summed E-state index contributed by atoms with van der Waals surface area (Å²) in [6.07, 6.45) is 0. The van der Waals surface area contributed by atoms with E-state index >= 15 is 0 Å². The third-order valence-electron chi connectivity index (χ3n) is 7.48. The highest BCUT2D eigenvalue weighted by Crippen LogP contribution is 2.36. The second kappa shape index (κ2) is 14.2. The average molecular weight is 745 g/mol. The molecule has 7 rings (SSSR count). The monoisotopic (exact) mass is 744 g/mol. The van der Waals surface area contributed by atoms with Crippen LogP contribution in [-0.2, 0) is 38.4 Å². The molecule has 0 bridgehead atoms. The van der Waals surface area contributed by atoms with E-state index in [1.807, 2.05) is 0 Å². The van der Waals surface area contributed by atoms with Crippen molar-refractivity contribution in [1.29, 1.82) is 0 Å². The Morgan fingerprint density at radius 3 is 1.33 bits per heavy atom. The van der Waals surface area contributed by atoms with Crippen LogP contribution in [0.25, 0.3) is 11.1 Å². The van der Waals surface area contributed by atoms with Crippen LogP contribution in [0, 0.1) is 11.6 Å². The van der Waals surface area contributed by atoms with Crippen LogP contribution in [0.1, 0.15) is 31.8 Å². The largest absolute Gasteiger partial charge is 0.321 e. The molecule has 0 aliphatic carbocycles. The van der Waals surface area contributed by atoms with Gasteiger partial charge in [0.2, 0.25) is 0 Å². The first-order valence-corrected chi connectivity index (χ1v) is 17.7. The standard InChI is InChI=1S/C22H14FNO5S.C14H8FNO5S/c23-17-11-13-18(14-12-17)30(27,28)29-24-21(25)19(15-7-3-1-4-8-15)20(22(24)26)16-9-5-2-6-10-16;15-11-7-3-4-8-12(11)22(19,20)21-16-13(17)9-5-1-2-6-10(9)14(16)18/h1-14H;1-8H. The van der Waals surface area contributed by atoms with Crippen LogP contribution in [0.3, 0.4) is 0 Å². The van der Waals surface area contributed by atoms with Crippen molar-refractivity contribution in [2.75, 3.05) is 0 Å². The van der Waals surface area contributed by atoms with Crippen LogP contribution in [-0.4, -0.2) is 50.6 Å². The molecular weight excluding hydrogens is 723 g/mol. The Hall–Kier alpha value is -6.20. The molecule has 0 aromatic heterocycles. The minimum Gasteiger partial charge on any atom is -0.266 e. The van der Waals surface area contributed by atoms with Gasteiger partial charge in [-0.05, 0) is 59.7 Å². The van der Waals surface area contributed by atoms with Gasteiger partial charge in [0.05, 0.1) is 27.2 Å². The highest BCUT2D eigenvalue weighted by molar-refractivity contribution is 7.87. The zero-order chi connectivity index (χ0) is 37.2. The predicted molar refractivity (Wildman–Crippen MR) is 178 cm³/mol. The van der Waals surface area contributed by atoms with E-state index in [-0.39, 0.29) is 37.3 Å². The second-order valence-corrected chi connectivity index (χ2v) is 13.8. The van der Waals surface area contributed by atoms with Crippen molar-refractivity contribution < 1.29 is 53.4 Å². The molecule has 2 aliphatic rings. The van der Waals surface area contributed by atoms with Gasteiger partial charge in [-0.25, -0.2) is 8.78 Å². The molecule has 0 N–H and O–H groups in total. The van der Waals surface area contributed by atoms with Crippen molar-refractivity contribution in [3.8, 4) is 0 Å². The number of halogens is 2. The molecule has 0 radical (unpaired) electrons. The molecule has 0 unspecified atom stereocenters. The van der Waals surface area contributed by atoms with E-state index in [4.69, 9.17) is 4.28 Å². The first kappa shape index (κ1) is 35.6. The van der Waals surface area contributed by atoms with E-state index in [0.29, 0.717) is 11.1 Å². The van der Waals surface area contributed by atoms with Gasteiger partial charge in [0, 0.05) is 0 Å². The number of fused-ring (bicyclic) bond motifs is 1. The first-order valence-electron chi connectivity index (χ1n) is 14.9. The van der Waals surface area contributed by atoms with Gasteiger partial charge in [-0.3, -0.25) is 19.2 Å². The molecule has 5 aromatic carbocycles. The summed E-state index contributed by atoms with van der Waals surface area (Å²) in [4.78, 5) is 49.0. The van der Waals surface area contributed by atoms with Crippen molar-refractivity contribution in [1.82, 2.24) is 10.1 Å². The number of carbonyl (C=O) groups excluding carboxylic acids is 4. The lowest BCUT2D eigenvalue weighted by Gasteiger charge is -2.14. The van der Waals surface area contributed by atoms with Crippen molar-refractivity contribution in [3.63, 3.8) is 0 Å². The second-order valence-electron chi connectivity index (χ2n) is 10.8. The highest BCUT2D eigenvalue weighted by atomic mass is 32.2. The lowest BCUT2D eigenvalue weighted by Crippen LogP contribution is -2.34. The average Bonchev–Trinajstić information content (AvgIpc) is 3.52. The summed E-state index contributed by atoms with van der Waals surface area (Å²) in [5.41, 5.74) is 0.995. The van der Waals surface area contributed by atoms with Crippen LogP contribution in [0.4, 0.5) is 8.78 Å². The van der Waals surface area contributed by atoms with Crippen LogP contribution >= 0.6 is 0 Å². The summed E-state index contributed by atoms with van der Waals surface area (Å²) in [7, 11) is -9.20. The van der Waals surface area contributed by atoms with Crippen molar-refractivity contribution in [2.45, 2.75) is 9.79 Å². The van der Waals surface area contributed by atoms with Gasteiger partial charge >= 0.3 is 20.2 Å². The smallest absolute Gasteiger partial charge is 0.266 e. The normalized spacial score (nSPS) is 14.4. The summed E-state index contributed by atoms with van der Waals surface area (Å²) < 4.78 is 85.3. The molecule has 0 fully saturated rings. The fourth-order valence-corrected chi connectivity index (χ4v) is 6.94. The molecule has 0 saturated carbocycles. The van der Waals surface area contributed by atoms with E-state index in [1.165, 1.54) is 36.4 Å². The van der Waals surface area contributed by atoms with Crippen molar-refractivity contribution in [3.05, 3.63) is 167 Å². The van der Waals surface area contributed by atoms with Crippen LogP contribution < -0.4 is 0 Å². The Balaban J connectivity index is 0.000000187. The summed E-state index contributed by atoms with van der Waals surface area (Å²) in [6.45, 7) is 0. The van der Waals surface area contributed by atoms with Gasteiger partial charge in [0.25, 0.3) is 23.6 Å². The molecule has 262 valence electrons. The van der Waals surface area contributed by atoms with E-state index in [1.54, 1.807) is 60.7 Å². The number of benzene rings is 5. The Morgan fingerprint density at radius 1 is 0.442 bits per heavy atom. The Morgan fingerprint density at radius 2 is 0.846 bits per heavy atom. The fourth-order valence-electron chi connectivity index (χ4n) is 5.09. The third kappa shape index (κ3) is 6.90. The molecule has 16 heteroatoms. The molecule has 12 nitrogen and oxygen atoms in total. The fraction of sp³-hybridized carbons (Fsp3) is 0. The molecular formula is C36H22F2N2O10S2. The minimum atomic E-state index is -4.65. The maximum absolute atomic E-state index is 13.6. The Bertz CT molecular complexity index is 2400. The molecule has 4 amide bonds. The number of carbonyl (C=O) groups is 4. The van der Waals surface area contributed by atoms with Gasteiger partial charge < -0.3 is 0 Å². The van der Waals surface area contributed by atoms with E-state index in [0.717, 1.165) is 36.4 Å². The van der Waals surface area contributed by atoms with Crippen LogP contribution in [0.15, 0.2) is 143 Å². The molecule has 5 aromatic rings. The molecule has 0 spiro atoms. The van der Waals surface area contributed by atoms with Crippen molar-refractivity contribution in [2.24, 2.45) is 0 Å². The zero-order valence-corrected chi connectivity index (χ0v) is 27.9. The zero-order valence-electron chi connectivity index (χ0n) is 26.3. The Labute approximate surface area is 294 Å². The number of rotatable bonds is 8. The summed E-state index contributed by atoms with van der Waals surface area (Å²) in [5.74, 6) is -5.33. The summed E-state index contributed by atoms with van der Waals surface area (Å²) in [5, 5.41) is 0.343. The SMILES string of the molecule is O=C1C(c2ccccc2)=C(c2ccccc2)C(=O)N1OS(=O)(=O)c1ccc(F)cc1.O=C1c2ccccc2C(=O)N1OS(=O)(=O)c1ccccc1F. The summed E-state index contributed by atoms with van der Waals surface area (Å²) in [6, 6.07) is 31.0. The summed E-state index contributed by atoms with van der Waals surface area (Å²) >= 11 is 0. The number of imide groups is 2. The molecule has 0 atom stereocenters. The molecule has 0 saturated heterocycles. The van der Waals surface area contributed by atoms with Crippen molar-refractivity contribution >= 4 is 55.0 Å². The van der Waals surface area contributed by atoms with Gasteiger partial charge in [0.1, 0.15) is 16.5 Å². The quantitative estimate of drug-likeness (QED) is 0.194. The van der Waals surface area contributed by atoms with Gasteiger partial charge in [-0.1, -0.05) is 84.9 Å². The maximum Gasteiger partial charge on any atom is 0.321 e. The van der Waals surface area contributed by atoms with E-state index in [2.05, 4.69) is 4.28 Å². The van der Waals surface area contributed by atoms with Gasteiger partial charge in [-0.15, -0.1) is 18.7 Å². The topological polar surface area (TPSA) is 161 Å². The first-order chi connectivity index (χ1) is 24.8. The molecule has 2 aliphatic heterocycles. The number of hydroxylamine groups is 4. The van der Waals surface area contributed by atoms with Gasteiger partial charge in [0.15, 0.2) is 0 Å². The minimum absolute atomic E-state index is 0.0243. The van der Waals surface area contributed by atoms with E-state index < -0.39 is 60.4 Å². The number of nitrogens with zero attached hydrogens (tertiary/aromatic N) is 2. The maximum atomic E-state index is 13.6. The number of hydrogen-bond donors (Lipinski definition) is 0. The van der Waals surface area contributed by atoms with E-state index in [9.17, 15) is 44.8 Å². The third-order valence-corrected chi connectivity index (χ3v) is 9.89. The number of amides is 4. The Kier molecular flexibility index (Phi) is 9.73. The highest BCUT2D eigenvalue weighted by Gasteiger charge is 2.44. The lowest BCUT2D eigenvalue weighted by molar-refractivity contribution is -0.160. The van der Waals surface area contributed by atoms with Gasteiger partial charge in [-0.2, -0.15) is 16.8 Å². The van der Waals surface area contributed by atoms with Crippen LogP contribution in [0.2, 0.25) is 0 Å². The molecule has 52 heavy (non-hydrogen) atoms. The van der Waals surface area contributed by atoms with Crippen LogP contribution in [0.5, 0.6) is 0 Å². The lowest BCUT2D eigenvalue weighted by atomic mass is 9.96.